The van der Waals surface area contributed by atoms with E-state index in [-0.39, 0.29) is 0 Å². The van der Waals surface area contributed by atoms with Crippen molar-refractivity contribution in [2.45, 2.75) is 38.7 Å². The second kappa shape index (κ2) is 3.10. The van der Waals surface area contributed by atoms with E-state index in [2.05, 4.69) is 17.1 Å². The first-order chi connectivity index (χ1) is 6.16. The van der Waals surface area contributed by atoms with E-state index in [1.807, 2.05) is 0 Å². The summed E-state index contributed by atoms with van der Waals surface area (Å²) in [5, 5.41) is 13.0. The Morgan fingerprint density at radius 2 is 2.38 bits per heavy atom. The Morgan fingerprint density at radius 1 is 1.69 bits per heavy atom. The van der Waals surface area contributed by atoms with Gasteiger partial charge in [-0.25, -0.2) is 0 Å². The van der Waals surface area contributed by atoms with Crippen LogP contribution in [-0.2, 0) is 6.42 Å². The maximum atomic E-state index is 9.09. The van der Waals surface area contributed by atoms with E-state index in [0.717, 1.165) is 12.2 Å². The molecule has 3 unspecified atom stereocenters. The number of aromatic nitrogens is 2. The molecule has 1 heterocycles. The Labute approximate surface area is 77.0 Å². The Balaban J connectivity index is 2.01. The predicted molar refractivity (Wildman–Crippen MR) is 46.2 cm³/mol. The highest BCUT2D eigenvalue weighted by Crippen LogP contribution is 2.45. The molecule has 72 valence electrons. The fourth-order valence-electron chi connectivity index (χ4n) is 1.44. The van der Waals surface area contributed by atoms with Gasteiger partial charge in [0.15, 0.2) is 5.82 Å². The second-order valence-corrected chi connectivity index (χ2v) is 3.92. The zero-order valence-electron chi connectivity index (χ0n) is 7.90. The zero-order valence-corrected chi connectivity index (χ0v) is 7.90. The van der Waals surface area contributed by atoms with E-state index < -0.39 is 6.10 Å². The monoisotopic (exact) mass is 182 g/mol. The summed E-state index contributed by atoms with van der Waals surface area (Å²) in [6.07, 6.45) is 1.20. The third-order valence-electron chi connectivity index (χ3n) is 2.39. The Morgan fingerprint density at radius 3 is 2.92 bits per heavy atom. The molecule has 1 aliphatic carbocycles. The Kier molecular flexibility index (Phi) is 2.07. The number of hydrogen-bond acceptors (Lipinski definition) is 4. The zero-order chi connectivity index (χ0) is 9.42. The average Bonchev–Trinajstić information content (AvgIpc) is 2.60. The van der Waals surface area contributed by atoms with Crippen LogP contribution in [-0.4, -0.2) is 21.4 Å². The smallest absolute Gasteiger partial charge is 0.229 e. The van der Waals surface area contributed by atoms with Gasteiger partial charge >= 0.3 is 0 Å². The molecule has 0 amide bonds. The first-order valence-corrected chi connectivity index (χ1v) is 4.67. The van der Waals surface area contributed by atoms with Crippen molar-refractivity contribution in [3.8, 4) is 0 Å². The lowest BCUT2D eigenvalue weighted by molar-refractivity contribution is 0.181. The van der Waals surface area contributed by atoms with Gasteiger partial charge in [-0.2, -0.15) is 4.98 Å². The molecule has 0 spiro atoms. The van der Waals surface area contributed by atoms with Crippen LogP contribution in [0.5, 0.6) is 0 Å². The molecule has 0 aromatic carbocycles. The number of nitrogens with zero attached hydrogens (tertiary/aromatic N) is 2. The van der Waals surface area contributed by atoms with Crippen molar-refractivity contribution in [2.24, 2.45) is 5.92 Å². The molecule has 1 fully saturated rings. The lowest BCUT2D eigenvalue weighted by Crippen LogP contribution is -2.04. The number of aliphatic hydroxyl groups excluding tert-OH is 1. The second-order valence-electron chi connectivity index (χ2n) is 3.92. The van der Waals surface area contributed by atoms with Crippen LogP contribution in [0.25, 0.3) is 0 Å². The average molecular weight is 182 g/mol. The molecule has 0 radical (unpaired) electrons. The quantitative estimate of drug-likeness (QED) is 0.760. The number of hydrogen-bond donors (Lipinski definition) is 1. The molecule has 3 atom stereocenters. The summed E-state index contributed by atoms with van der Waals surface area (Å²) in [5.74, 6) is 2.54. The third-order valence-corrected chi connectivity index (χ3v) is 2.39. The first-order valence-electron chi connectivity index (χ1n) is 4.67. The topological polar surface area (TPSA) is 59.2 Å². The van der Waals surface area contributed by atoms with Crippen molar-refractivity contribution in [1.82, 2.24) is 10.1 Å². The minimum Gasteiger partial charge on any atom is -0.393 e. The van der Waals surface area contributed by atoms with Crippen LogP contribution >= 0.6 is 0 Å². The summed E-state index contributed by atoms with van der Waals surface area (Å²) >= 11 is 0. The van der Waals surface area contributed by atoms with Crippen LogP contribution < -0.4 is 0 Å². The van der Waals surface area contributed by atoms with Gasteiger partial charge in [-0.3, -0.25) is 0 Å². The van der Waals surface area contributed by atoms with Gasteiger partial charge in [0.2, 0.25) is 5.89 Å². The van der Waals surface area contributed by atoms with Crippen LogP contribution in [0, 0.1) is 5.92 Å². The molecule has 0 saturated heterocycles. The lowest BCUT2D eigenvalue weighted by atomic mass is 10.3. The molecule has 0 bridgehead atoms. The maximum absolute atomic E-state index is 9.09. The molecule has 13 heavy (non-hydrogen) atoms. The molecule has 1 aromatic heterocycles. The normalized spacial score (nSPS) is 28.8. The van der Waals surface area contributed by atoms with Crippen molar-refractivity contribution in [3.05, 3.63) is 11.7 Å². The summed E-state index contributed by atoms with van der Waals surface area (Å²) in [7, 11) is 0. The van der Waals surface area contributed by atoms with Crippen molar-refractivity contribution in [2.75, 3.05) is 0 Å². The molecule has 4 nitrogen and oxygen atoms in total. The minimum atomic E-state index is -0.412. The number of rotatable bonds is 3. The molecule has 0 aliphatic heterocycles. The summed E-state index contributed by atoms with van der Waals surface area (Å²) in [4.78, 5) is 4.23. The van der Waals surface area contributed by atoms with E-state index in [9.17, 15) is 0 Å². The van der Waals surface area contributed by atoms with E-state index in [1.54, 1.807) is 6.92 Å². The summed E-state index contributed by atoms with van der Waals surface area (Å²) in [6, 6.07) is 0. The van der Waals surface area contributed by atoms with Gasteiger partial charge in [-0.1, -0.05) is 12.1 Å². The molecule has 2 rings (SSSR count). The van der Waals surface area contributed by atoms with Crippen molar-refractivity contribution >= 4 is 0 Å². The van der Waals surface area contributed by atoms with Crippen molar-refractivity contribution in [1.29, 1.82) is 0 Å². The molecule has 1 N–H and O–H groups in total. The standard InChI is InChI=1S/C9H14N2O2/c1-5-3-7(5)9-10-8(13-11-9)4-6(2)12/h5-7,12H,3-4H2,1-2H3. The van der Waals surface area contributed by atoms with Crippen molar-refractivity contribution < 1.29 is 9.63 Å². The third kappa shape index (κ3) is 1.88. The Bertz CT molecular complexity index is 296. The van der Waals surface area contributed by atoms with Crippen molar-refractivity contribution in [3.63, 3.8) is 0 Å². The highest BCUT2D eigenvalue weighted by Gasteiger charge is 2.38. The maximum Gasteiger partial charge on any atom is 0.229 e. The van der Waals surface area contributed by atoms with E-state index in [4.69, 9.17) is 9.63 Å². The molecule has 1 saturated carbocycles. The van der Waals surface area contributed by atoms with Gasteiger partial charge in [0.1, 0.15) is 0 Å². The van der Waals surface area contributed by atoms with E-state index >= 15 is 0 Å². The molecule has 1 aliphatic rings. The largest absolute Gasteiger partial charge is 0.393 e. The number of aliphatic hydroxyl groups is 1. The van der Waals surface area contributed by atoms with Crippen LogP contribution in [0.15, 0.2) is 4.52 Å². The van der Waals surface area contributed by atoms with Gasteiger partial charge in [-0.05, 0) is 19.3 Å². The van der Waals surface area contributed by atoms with Gasteiger partial charge in [-0.15, -0.1) is 0 Å². The fraction of sp³-hybridized carbons (Fsp3) is 0.778. The van der Waals surface area contributed by atoms with Gasteiger partial charge in [0, 0.05) is 5.92 Å². The van der Waals surface area contributed by atoms with Gasteiger partial charge < -0.3 is 9.63 Å². The summed E-state index contributed by atoms with van der Waals surface area (Å²) < 4.78 is 5.00. The highest BCUT2D eigenvalue weighted by molar-refractivity contribution is 5.07. The molecular formula is C9H14N2O2. The predicted octanol–water partition coefficient (Wildman–Crippen LogP) is 1.12. The highest BCUT2D eigenvalue weighted by atomic mass is 16.5. The molecular weight excluding hydrogens is 168 g/mol. The fourth-order valence-corrected chi connectivity index (χ4v) is 1.44. The van der Waals surface area contributed by atoms with E-state index in [0.29, 0.717) is 24.1 Å². The van der Waals surface area contributed by atoms with Gasteiger partial charge in [0.05, 0.1) is 12.5 Å². The Hall–Kier alpha value is -0.900. The van der Waals surface area contributed by atoms with Crippen LogP contribution in [0.1, 0.15) is 37.9 Å². The van der Waals surface area contributed by atoms with Crippen LogP contribution in [0.3, 0.4) is 0 Å². The SMILES string of the molecule is CC(O)Cc1nc(C2CC2C)no1. The summed E-state index contributed by atoms with van der Waals surface area (Å²) in [6.45, 7) is 3.89. The van der Waals surface area contributed by atoms with Gasteiger partial charge in [0.25, 0.3) is 0 Å². The van der Waals surface area contributed by atoms with E-state index in [1.165, 1.54) is 0 Å². The lowest BCUT2D eigenvalue weighted by Gasteiger charge is -1.95. The molecule has 4 heteroatoms. The molecule has 1 aromatic rings. The first kappa shape index (κ1) is 8.69. The minimum absolute atomic E-state index is 0.412. The van der Waals surface area contributed by atoms with Crippen LogP contribution in [0.4, 0.5) is 0 Å². The van der Waals surface area contributed by atoms with Crippen LogP contribution in [0.2, 0.25) is 0 Å². The summed E-state index contributed by atoms with van der Waals surface area (Å²) in [5.41, 5.74) is 0.